The Kier molecular flexibility index (Phi) is 3.24. The van der Waals surface area contributed by atoms with Crippen LogP contribution in [0.15, 0.2) is 79.1 Å². The standard InChI is InChI=1S/C17H13NO/c1-2-8-15(9-3-1)19-17-11-5-4-10-16(17)14-7-6-12-18-13-14/h1-13H. The minimum atomic E-state index is 0.832. The molecule has 2 nitrogen and oxygen atoms in total. The lowest BCUT2D eigenvalue weighted by Gasteiger charge is -2.10. The average Bonchev–Trinajstić information content (AvgIpc) is 2.50. The maximum Gasteiger partial charge on any atom is 0.135 e. The third-order valence-electron chi connectivity index (χ3n) is 2.83. The molecule has 3 rings (SSSR count). The zero-order valence-corrected chi connectivity index (χ0v) is 10.4. The van der Waals surface area contributed by atoms with Crippen LogP contribution in [0.4, 0.5) is 0 Å². The predicted octanol–water partition coefficient (Wildman–Crippen LogP) is 4.54. The first-order chi connectivity index (χ1) is 9.43. The molecule has 2 heteroatoms. The summed E-state index contributed by atoms with van der Waals surface area (Å²) in [6, 6.07) is 21.7. The van der Waals surface area contributed by atoms with Crippen molar-refractivity contribution in [3.05, 3.63) is 79.1 Å². The van der Waals surface area contributed by atoms with Gasteiger partial charge in [-0.2, -0.15) is 0 Å². The highest BCUT2D eigenvalue weighted by Gasteiger charge is 2.06. The van der Waals surface area contributed by atoms with Gasteiger partial charge in [0.05, 0.1) is 0 Å². The number of hydrogen-bond acceptors (Lipinski definition) is 2. The highest BCUT2D eigenvalue weighted by Crippen LogP contribution is 2.32. The molecule has 0 saturated heterocycles. The van der Waals surface area contributed by atoms with Gasteiger partial charge in [0.25, 0.3) is 0 Å². The van der Waals surface area contributed by atoms with Crippen molar-refractivity contribution in [2.75, 3.05) is 0 Å². The van der Waals surface area contributed by atoms with Crippen molar-refractivity contribution in [2.24, 2.45) is 0 Å². The summed E-state index contributed by atoms with van der Waals surface area (Å²) >= 11 is 0. The highest BCUT2D eigenvalue weighted by molar-refractivity contribution is 5.69. The van der Waals surface area contributed by atoms with Gasteiger partial charge in [-0.1, -0.05) is 42.5 Å². The number of rotatable bonds is 3. The molecule has 0 fully saturated rings. The van der Waals surface area contributed by atoms with E-state index in [1.165, 1.54) is 0 Å². The van der Waals surface area contributed by atoms with Crippen LogP contribution < -0.4 is 4.74 Å². The van der Waals surface area contributed by atoms with Gasteiger partial charge in [-0.3, -0.25) is 4.98 Å². The molecule has 2 aromatic carbocycles. The van der Waals surface area contributed by atoms with E-state index in [9.17, 15) is 0 Å². The van der Waals surface area contributed by atoms with Crippen LogP contribution in [0.25, 0.3) is 11.1 Å². The normalized spacial score (nSPS) is 10.1. The van der Waals surface area contributed by atoms with Crippen molar-refractivity contribution in [1.29, 1.82) is 0 Å². The third kappa shape index (κ3) is 2.63. The number of aromatic nitrogens is 1. The lowest BCUT2D eigenvalue weighted by Crippen LogP contribution is -1.88. The Bertz CT molecular complexity index is 650. The molecule has 0 bridgehead atoms. The molecule has 0 amide bonds. The maximum atomic E-state index is 5.94. The fourth-order valence-electron chi connectivity index (χ4n) is 1.93. The Morgan fingerprint density at radius 1 is 0.737 bits per heavy atom. The fourth-order valence-corrected chi connectivity index (χ4v) is 1.93. The van der Waals surface area contributed by atoms with Crippen LogP contribution in [0.2, 0.25) is 0 Å². The van der Waals surface area contributed by atoms with E-state index in [1.54, 1.807) is 6.20 Å². The molecule has 0 aliphatic rings. The van der Waals surface area contributed by atoms with Crippen LogP contribution in [-0.2, 0) is 0 Å². The maximum absolute atomic E-state index is 5.94. The van der Waals surface area contributed by atoms with Crippen molar-refractivity contribution in [2.45, 2.75) is 0 Å². The third-order valence-corrected chi connectivity index (χ3v) is 2.83. The average molecular weight is 247 g/mol. The minimum absolute atomic E-state index is 0.832. The zero-order chi connectivity index (χ0) is 12.9. The molecule has 1 aromatic heterocycles. The lowest BCUT2D eigenvalue weighted by molar-refractivity contribution is 0.484. The van der Waals surface area contributed by atoms with Crippen molar-refractivity contribution in [1.82, 2.24) is 4.98 Å². The number of pyridine rings is 1. The first kappa shape index (κ1) is 11.5. The zero-order valence-electron chi connectivity index (χ0n) is 10.4. The summed E-state index contributed by atoms with van der Waals surface area (Å²) in [5.74, 6) is 1.67. The fraction of sp³-hybridized carbons (Fsp3) is 0. The monoisotopic (exact) mass is 247 g/mol. The quantitative estimate of drug-likeness (QED) is 0.677. The summed E-state index contributed by atoms with van der Waals surface area (Å²) in [5.41, 5.74) is 2.09. The van der Waals surface area contributed by atoms with Crippen molar-refractivity contribution >= 4 is 0 Å². The summed E-state index contributed by atoms with van der Waals surface area (Å²) in [7, 11) is 0. The van der Waals surface area contributed by atoms with E-state index < -0.39 is 0 Å². The van der Waals surface area contributed by atoms with Crippen molar-refractivity contribution < 1.29 is 4.74 Å². The van der Waals surface area contributed by atoms with Crippen LogP contribution in [0.3, 0.4) is 0 Å². The summed E-state index contributed by atoms with van der Waals surface area (Å²) in [6.45, 7) is 0. The molecule has 19 heavy (non-hydrogen) atoms. The van der Waals surface area contributed by atoms with Gasteiger partial charge >= 0.3 is 0 Å². The molecule has 0 spiro atoms. The van der Waals surface area contributed by atoms with E-state index in [0.29, 0.717) is 0 Å². The highest BCUT2D eigenvalue weighted by atomic mass is 16.5. The number of para-hydroxylation sites is 2. The van der Waals surface area contributed by atoms with Gasteiger partial charge in [-0.15, -0.1) is 0 Å². The summed E-state index contributed by atoms with van der Waals surface area (Å²) < 4.78 is 5.94. The van der Waals surface area contributed by atoms with Gasteiger partial charge in [0, 0.05) is 23.5 Å². The van der Waals surface area contributed by atoms with E-state index in [1.807, 2.05) is 72.9 Å². The molecular weight excluding hydrogens is 234 g/mol. The second-order valence-corrected chi connectivity index (χ2v) is 4.15. The molecule has 92 valence electrons. The van der Waals surface area contributed by atoms with E-state index >= 15 is 0 Å². The Balaban J connectivity index is 1.99. The lowest BCUT2D eigenvalue weighted by atomic mass is 10.1. The molecule has 0 N–H and O–H groups in total. The molecule has 0 saturated carbocycles. The van der Waals surface area contributed by atoms with Gasteiger partial charge in [0.15, 0.2) is 0 Å². The Labute approximate surface area is 112 Å². The topological polar surface area (TPSA) is 22.1 Å². The molecule has 0 aliphatic heterocycles. The number of benzene rings is 2. The molecule has 3 aromatic rings. The Morgan fingerprint density at radius 2 is 1.53 bits per heavy atom. The van der Waals surface area contributed by atoms with Crippen LogP contribution in [-0.4, -0.2) is 4.98 Å². The van der Waals surface area contributed by atoms with Gasteiger partial charge in [-0.05, 0) is 24.3 Å². The smallest absolute Gasteiger partial charge is 0.135 e. The summed E-state index contributed by atoms with van der Waals surface area (Å²) in [6.07, 6.45) is 3.61. The van der Waals surface area contributed by atoms with Crippen molar-refractivity contribution in [3.63, 3.8) is 0 Å². The van der Waals surface area contributed by atoms with Crippen molar-refractivity contribution in [3.8, 4) is 22.6 Å². The first-order valence-corrected chi connectivity index (χ1v) is 6.16. The minimum Gasteiger partial charge on any atom is -0.457 e. The van der Waals surface area contributed by atoms with Gasteiger partial charge in [-0.25, -0.2) is 0 Å². The Morgan fingerprint density at radius 3 is 2.32 bits per heavy atom. The summed E-state index contributed by atoms with van der Waals surface area (Å²) in [5, 5.41) is 0. The molecular formula is C17H13NO. The van der Waals surface area contributed by atoms with E-state index in [4.69, 9.17) is 4.74 Å². The van der Waals surface area contributed by atoms with Gasteiger partial charge < -0.3 is 4.74 Å². The van der Waals surface area contributed by atoms with E-state index in [-0.39, 0.29) is 0 Å². The predicted molar refractivity (Wildman–Crippen MR) is 76.2 cm³/mol. The van der Waals surface area contributed by atoms with Crippen LogP contribution in [0.1, 0.15) is 0 Å². The van der Waals surface area contributed by atoms with E-state index in [0.717, 1.165) is 22.6 Å². The van der Waals surface area contributed by atoms with E-state index in [2.05, 4.69) is 4.98 Å². The second-order valence-electron chi connectivity index (χ2n) is 4.15. The van der Waals surface area contributed by atoms with Gasteiger partial charge in [0.2, 0.25) is 0 Å². The summed E-state index contributed by atoms with van der Waals surface area (Å²) in [4.78, 5) is 4.15. The Hall–Kier alpha value is -2.61. The second kappa shape index (κ2) is 5.36. The SMILES string of the molecule is c1ccc(Oc2ccccc2-c2cccnc2)cc1. The number of hydrogen-bond donors (Lipinski definition) is 0. The largest absolute Gasteiger partial charge is 0.457 e. The van der Waals surface area contributed by atoms with Crippen LogP contribution >= 0.6 is 0 Å². The molecule has 0 aliphatic carbocycles. The first-order valence-electron chi connectivity index (χ1n) is 6.16. The molecule has 0 atom stereocenters. The molecule has 0 radical (unpaired) electrons. The number of nitrogens with zero attached hydrogens (tertiary/aromatic N) is 1. The molecule has 0 unspecified atom stereocenters. The molecule has 1 heterocycles. The van der Waals surface area contributed by atoms with Gasteiger partial charge in [0.1, 0.15) is 11.5 Å². The number of ether oxygens (including phenoxy) is 1. The van der Waals surface area contributed by atoms with Crippen LogP contribution in [0, 0.1) is 0 Å². The van der Waals surface area contributed by atoms with Crippen LogP contribution in [0.5, 0.6) is 11.5 Å².